The van der Waals surface area contributed by atoms with Gasteiger partial charge < -0.3 is 9.80 Å². The van der Waals surface area contributed by atoms with Crippen molar-refractivity contribution in [1.82, 2.24) is 4.31 Å². The van der Waals surface area contributed by atoms with Gasteiger partial charge in [0.2, 0.25) is 15.9 Å². The van der Waals surface area contributed by atoms with E-state index in [0.717, 1.165) is 22.5 Å². The number of piperazine rings is 1. The highest BCUT2D eigenvalue weighted by Gasteiger charge is 2.30. The standard InChI is InChI=1S/C22H29N3O3S/c1-17-6-5-7-20(14-17)24-10-12-25(13-11-24)29(27,28)16-22(26)23(4)21-15-18(2)8-9-19(21)3/h5-9,14-15H,10-13,16H2,1-4H3. The molecular weight excluding hydrogens is 386 g/mol. The van der Waals surface area contributed by atoms with Gasteiger partial charge in [-0.05, 0) is 55.7 Å². The number of nitrogens with zero attached hydrogens (tertiary/aromatic N) is 3. The van der Waals surface area contributed by atoms with Crippen molar-refractivity contribution in [2.24, 2.45) is 0 Å². The highest BCUT2D eigenvalue weighted by atomic mass is 32.2. The van der Waals surface area contributed by atoms with E-state index in [9.17, 15) is 13.2 Å². The quantitative estimate of drug-likeness (QED) is 0.753. The van der Waals surface area contributed by atoms with E-state index in [-0.39, 0.29) is 0 Å². The van der Waals surface area contributed by atoms with Crippen molar-refractivity contribution in [1.29, 1.82) is 0 Å². The number of hydrogen-bond acceptors (Lipinski definition) is 4. The lowest BCUT2D eigenvalue weighted by Crippen LogP contribution is -2.50. The van der Waals surface area contributed by atoms with Gasteiger partial charge >= 0.3 is 0 Å². The van der Waals surface area contributed by atoms with Gasteiger partial charge in [0.1, 0.15) is 5.75 Å². The zero-order chi connectivity index (χ0) is 21.2. The molecule has 29 heavy (non-hydrogen) atoms. The van der Waals surface area contributed by atoms with Crippen LogP contribution in [0.15, 0.2) is 42.5 Å². The summed E-state index contributed by atoms with van der Waals surface area (Å²) in [4.78, 5) is 16.3. The van der Waals surface area contributed by atoms with Crippen LogP contribution in [-0.2, 0) is 14.8 Å². The fourth-order valence-corrected chi connectivity index (χ4v) is 5.02. The number of anilines is 2. The van der Waals surface area contributed by atoms with E-state index in [1.165, 1.54) is 14.8 Å². The van der Waals surface area contributed by atoms with Crippen molar-refractivity contribution >= 4 is 27.3 Å². The molecule has 156 valence electrons. The average molecular weight is 416 g/mol. The molecule has 0 aliphatic carbocycles. The molecule has 0 atom stereocenters. The van der Waals surface area contributed by atoms with Crippen molar-refractivity contribution in [3.63, 3.8) is 0 Å². The summed E-state index contributed by atoms with van der Waals surface area (Å²) in [5.74, 6) is -0.929. The Bertz CT molecular complexity index is 996. The Morgan fingerprint density at radius 3 is 2.28 bits per heavy atom. The van der Waals surface area contributed by atoms with Gasteiger partial charge in [-0.3, -0.25) is 4.79 Å². The molecule has 6 nitrogen and oxygen atoms in total. The minimum absolute atomic E-state index is 0.386. The van der Waals surface area contributed by atoms with Gasteiger partial charge in [0.25, 0.3) is 0 Å². The van der Waals surface area contributed by atoms with Crippen LogP contribution in [0.25, 0.3) is 0 Å². The van der Waals surface area contributed by atoms with E-state index < -0.39 is 21.7 Å². The molecule has 1 amide bonds. The molecule has 0 N–H and O–H groups in total. The maximum absolute atomic E-state index is 12.8. The number of benzene rings is 2. The lowest BCUT2D eigenvalue weighted by molar-refractivity contribution is -0.116. The van der Waals surface area contributed by atoms with Crippen LogP contribution in [0, 0.1) is 20.8 Å². The molecule has 0 unspecified atom stereocenters. The second-order valence-electron chi connectivity index (χ2n) is 7.72. The van der Waals surface area contributed by atoms with Crippen molar-refractivity contribution in [3.05, 3.63) is 59.2 Å². The van der Waals surface area contributed by atoms with E-state index >= 15 is 0 Å². The summed E-state index contributed by atoms with van der Waals surface area (Å²) >= 11 is 0. The highest BCUT2D eigenvalue weighted by molar-refractivity contribution is 7.89. The first-order valence-electron chi connectivity index (χ1n) is 9.80. The summed E-state index contributed by atoms with van der Waals surface area (Å²) in [6, 6.07) is 14.0. The Balaban J connectivity index is 1.64. The summed E-state index contributed by atoms with van der Waals surface area (Å²) in [5.41, 5.74) is 5.00. The second kappa shape index (κ2) is 8.55. The zero-order valence-electron chi connectivity index (χ0n) is 17.6. The molecule has 0 radical (unpaired) electrons. The Morgan fingerprint density at radius 1 is 0.966 bits per heavy atom. The molecule has 1 aliphatic rings. The molecule has 1 aliphatic heterocycles. The van der Waals surface area contributed by atoms with E-state index in [0.29, 0.717) is 26.2 Å². The number of carbonyl (C=O) groups excluding carboxylic acids is 1. The zero-order valence-corrected chi connectivity index (χ0v) is 18.4. The number of sulfonamides is 1. The van der Waals surface area contributed by atoms with E-state index in [2.05, 4.69) is 11.0 Å². The predicted molar refractivity (Wildman–Crippen MR) is 118 cm³/mol. The normalized spacial score (nSPS) is 15.4. The Hall–Kier alpha value is -2.38. The third kappa shape index (κ3) is 4.97. The number of carbonyl (C=O) groups is 1. The van der Waals surface area contributed by atoms with Crippen LogP contribution in [0.4, 0.5) is 11.4 Å². The van der Waals surface area contributed by atoms with E-state index in [1.807, 2.05) is 57.2 Å². The first-order chi connectivity index (χ1) is 13.7. The molecule has 2 aromatic carbocycles. The van der Waals surface area contributed by atoms with Gasteiger partial charge in [0.15, 0.2) is 0 Å². The summed E-state index contributed by atoms with van der Waals surface area (Å²) in [6.07, 6.45) is 0. The molecule has 7 heteroatoms. The van der Waals surface area contributed by atoms with Gasteiger partial charge in [-0.2, -0.15) is 4.31 Å². The molecule has 0 saturated carbocycles. The fraction of sp³-hybridized carbons (Fsp3) is 0.409. The molecule has 1 saturated heterocycles. The van der Waals surface area contributed by atoms with Crippen LogP contribution in [0.2, 0.25) is 0 Å². The Labute approximate surface area is 173 Å². The Morgan fingerprint density at radius 2 is 1.62 bits per heavy atom. The van der Waals surface area contributed by atoms with Crippen LogP contribution in [0.5, 0.6) is 0 Å². The summed E-state index contributed by atoms with van der Waals surface area (Å²) < 4.78 is 27.1. The maximum atomic E-state index is 12.8. The van der Waals surface area contributed by atoms with Crippen molar-refractivity contribution in [2.45, 2.75) is 20.8 Å². The predicted octanol–water partition coefficient (Wildman–Crippen LogP) is 2.73. The van der Waals surface area contributed by atoms with E-state index in [4.69, 9.17) is 0 Å². The number of hydrogen-bond donors (Lipinski definition) is 0. The molecule has 1 fully saturated rings. The summed E-state index contributed by atoms with van der Waals surface area (Å²) in [5, 5.41) is 0. The molecular formula is C22H29N3O3S. The smallest absolute Gasteiger partial charge is 0.243 e. The van der Waals surface area contributed by atoms with Crippen molar-refractivity contribution < 1.29 is 13.2 Å². The van der Waals surface area contributed by atoms with Crippen LogP contribution in [0.1, 0.15) is 16.7 Å². The lowest BCUT2D eigenvalue weighted by atomic mass is 10.1. The van der Waals surface area contributed by atoms with Crippen LogP contribution < -0.4 is 9.80 Å². The highest BCUT2D eigenvalue weighted by Crippen LogP contribution is 2.22. The topological polar surface area (TPSA) is 60.9 Å². The molecule has 3 rings (SSSR count). The molecule has 2 aromatic rings. The molecule has 0 spiro atoms. The van der Waals surface area contributed by atoms with E-state index in [1.54, 1.807) is 7.05 Å². The van der Waals surface area contributed by atoms with Crippen molar-refractivity contribution in [2.75, 3.05) is 48.8 Å². The second-order valence-corrected chi connectivity index (χ2v) is 9.69. The Kier molecular flexibility index (Phi) is 6.29. The number of aryl methyl sites for hydroxylation is 3. The third-order valence-electron chi connectivity index (χ3n) is 5.40. The average Bonchev–Trinajstić information content (AvgIpc) is 2.69. The SMILES string of the molecule is Cc1cccc(N2CCN(S(=O)(=O)CC(=O)N(C)c3cc(C)ccc3C)CC2)c1. The lowest BCUT2D eigenvalue weighted by Gasteiger charge is -2.35. The number of amides is 1. The molecule has 1 heterocycles. The maximum Gasteiger partial charge on any atom is 0.243 e. The van der Waals surface area contributed by atoms with Gasteiger partial charge in [0, 0.05) is 44.6 Å². The fourth-order valence-electron chi connectivity index (χ4n) is 3.61. The summed E-state index contributed by atoms with van der Waals surface area (Å²) in [7, 11) is -2.02. The van der Waals surface area contributed by atoms with Gasteiger partial charge in [-0.25, -0.2) is 8.42 Å². The first-order valence-corrected chi connectivity index (χ1v) is 11.4. The number of rotatable bonds is 5. The van der Waals surface area contributed by atoms with Crippen molar-refractivity contribution in [3.8, 4) is 0 Å². The minimum Gasteiger partial charge on any atom is -0.369 e. The summed E-state index contributed by atoms with van der Waals surface area (Å²) in [6.45, 7) is 7.91. The van der Waals surface area contributed by atoms with Crippen LogP contribution >= 0.6 is 0 Å². The largest absolute Gasteiger partial charge is 0.369 e. The van der Waals surface area contributed by atoms with Gasteiger partial charge in [-0.15, -0.1) is 0 Å². The molecule has 0 bridgehead atoms. The monoisotopic (exact) mass is 415 g/mol. The van der Waals surface area contributed by atoms with Crippen LogP contribution in [0.3, 0.4) is 0 Å². The van der Waals surface area contributed by atoms with Gasteiger partial charge in [0.05, 0.1) is 0 Å². The first kappa shape index (κ1) is 21.3. The third-order valence-corrected chi connectivity index (χ3v) is 7.17. The minimum atomic E-state index is -3.66. The molecule has 0 aromatic heterocycles. The van der Waals surface area contributed by atoms with Crippen LogP contribution in [-0.4, -0.2) is 57.6 Å². The van der Waals surface area contributed by atoms with Gasteiger partial charge in [-0.1, -0.05) is 24.3 Å².